The molecule has 1 unspecified atom stereocenters. The van der Waals surface area contributed by atoms with Gasteiger partial charge in [0.25, 0.3) is 0 Å². The number of methoxy groups -OCH3 is 1. The fraction of sp³-hybridized carbons (Fsp3) is 0.778. The van der Waals surface area contributed by atoms with Gasteiger partial charge >= 0.3 is 0 Å². The number of rotatable bonds is 7. The first-order valence-corrected chi connectivity index (χ1v) is 4.94. The minimum Gasteiger partial charge on any atom is -0.396 e. The summed E-state index contributed by atoms with van der Waals surface area (Å²) in [5, 5.41) is 19.8. The highest BCUT2D eigenvalue weighted by molar-refractivity contribution is 4.84. The molecule has 0 aromatic carbocycles. The van der Waals surface area contributed by atoms with Crippen molar-refractivity contribution >= 4 is 0 Å². The number of nitrogens with zero attached hydrogens (tertiary/aromatic N) is 3. The Kier molecular flexibility index (Phi) is 5.23. The Hall–Kier alpha value is -0.980. The van der Waals surface area contributed by atoms with Crippen LogP contribution in [0.2, 0.25) is 0 Å². The van der Waals surface area contributed by atoms with Crippen molar-refractivity contribution < 1.29 is 9.84 Å². The highest BCUT2D eigenvalue weighted by Crippen LogP contribution is 1.96. The number of aryl methyl sites for hydroxylation is 1. The van der Waals surface area contributed by atoms with Crippen molar-refractivity contribution in [1.82, 2.24) is 20.1 Å². The van der Waals surface area contributed by atoms with E-state index in [0.717, 1.165) is 5.82 Å². The largest absolute Gasteiger partial charge is 0.396 e. The van der Waals surface area contributed by atoms with E-state index >= 15 is 0 Å². The number of ether oxygens (including phenoxy) is 1. The summed E-state index contributed by atoms with van der Waals surface area (Å²) < 4.78 is 6.90. The maximum Gasteiger partial charge on any atom is 0.146 e. The summed E-state index contributed by atoms with van der Waals surface area (Å²) in [7, 11) is 3.54. The van der Waals surface area contributed by atoms with Gasteiger partial charge < -0.3 is 19.7 Å². The van der Waals surface area contributed by atoms with E-state index < -0.39 is 0 Å². The maximum atomic E-state index is 8.85. The molecule has 0 aliphatic carbocycles. The topological polar surface area (TPSA) is 72.2 Å². The summed E-state index contributed by atoms with van der Waals surface area (Å²) in [6.45, 7) is 1.36. The molecule has 86 valence electrons. The predicted octanol–water partition coefficient (Wildman–Crippen LogP) is -0.698. The van der Waals surface area contributed by atoms with Crippen LogP contribution in [-0.2, 0) is 18.3 Å². The van der Waals surface area contributed by atoms with Gasteiger partial charge in [0.1, 0.15) is 12.2 Å². The van der Waals surface area contributed by atoms with E-state index in [1.165, 1.54) is 0 Å². The molecule has 2 N–H and O–H groups in total. The summed E-state index contributed by atoms with van der Waals surface area (Å²) in [5.74, 6) is 0.869. The molecule has 1 atom stereocenters. The van der Waals surface area contributed by atoms with Crippen molar-refractivity contribution in [3.63, 3.8) is 0 Å². The highest BCUT2D eigenvalue weighted by Gasteiger charge is 2.08. The minimum atomic E-state index is 0.150. The molecule has 0 amide bonds. The van der Waals surface area contributed by atoms with Gasteiger partial charge in [0, 0.05) is 26.8 Å². The van der Waals surface area contributed by atoms with E-state index in [0.29, 0.717) is 19.6 Å². The third kappa shape index (κ3) is 3.94. The molecule has 1 aromatic heterocycles. The highest BCUT2D eigenvalue weighted by atomic mass is 16.5. The van der Waals surface area contributed by atoms with E-state index in [1.54, 1.807) is 13.4 Å². The standard InChI is InChI=1S/C9H18N4O2/c1-13-7-11-12-9(13)5-10-8(3-4-14)6-15-2/h7-8,10,14H,3-6H2,1-2H3. The molecule has 0 aliphatic heterocycles. The Morgan fingerprint density at radius 3 is 3.00 bits per heavy atom. The molecular formula is C9H18N4O2. The molecule has 15 heavy (non-hydrogen) atoms. The average Bonchev–Trinajstić information content (AvgIpc) is 2.61. The summed E-state index contributed by atoms with van der Waals surface area (Å²) in [4.78, 5) is 0. The van der Waals surface area contributed by atoms with Gasteiger partial charge in [-0.1, -0.05) is 0 Å². The predicted molar refractivity (Wildman–Crippen MR) is 55.2 cm³/mol. The molecule has 0 saturated carbocycles. The number of aliphatic hydroxyl groups excluding tert-OH is 1. The van der Waals surface area contributed by atoms with Gasteiger partial charge in [-0.3, -0.25) is 0 Å². The molecule has 6 heteroatoms. The molecule has 0 saturated heterocycles. The van der Waals surface area contributed by atoms with Crippen molar-refractivity contribution in [3.05, 3.63) is 12.2 Å². The van der Waals surface area contributed by atoms with Gasteiger partial charge in [0.2, 0.25) is 0 Å². The van der Waals surface area contributed by atoms with Gasteiger partial charge in [0.15, 0.2) is 0 Å². The summed E-state index contributed by atoms with van der Waals surface area (Å²) in [5.41, 5.74) is 0. The Morgan fingerprint density at radius 2 is 2.47 bits per heavy atom. The number of hydrogen-bond acceptors (Lipinski definition) is 5. The zero-order valence-electron chi connectivity index (χ0n) is 9.18. The lowest BCUT2D eigenvalue weighted by atomic mass is 10.2. The van der Waals surface area contributed by atoms with Crippen LogP contribution in [0.15, 0.2) is 6.33 Å². The fourth-order valence-corrected chi connectivity index (χ4v) is 1.30. The van der Waals surface area contributed by atoms with Gasteiger partial charge in [-0.15, -0.1) is 10.2 Å². The van der Waals surface area contributed by atoms with Crippen LogP contribution < -0.4 is 5.32 Å². The first-order chi connectivity index (χ1) is 7.27. The van der Waals surface area contributed by atoms with Gasteiger partial charge in [-0.25, -0.2) is 0 Å². The van der Waals surface area contributed by atoms with Crippen molar-refractivity contribution in [2.24, 2.45) is 7.05 Å². The second kappa shape index (κ2) is 6.49. The number of aromatic nitrogens is 3. The summed E-state index contributed by atoms with van der Waals surface area (Å²) in [6.07, 6.45) is 2.33. The van der Waals surface area contributed by atoms with Crippen molar-refractivity contribution in [2.45, 2.75) is 19.0 Å². The number of aliphatic hydroxyl groups is 1. The second-order valence-corrected chi connectivity index (χ2v) is 3.40. The van der Waals surface area contributed by atoms with E-state index in [2.05, 4.69) is 15.5 Å². The smallest absolute Gasteiger partial charge is 0.146 e. The van der Waals surface area contributed by atoms with Crippen LogP contribution in [-0.4, -0.2) is 46.2 Å². The van der Waals surface area contributed by atoms with Crippen molar-refractivity contribution in [2.75, 3.05) is 20.3 Å². The first-order valence-electron chi connectivity index (χ1n) is 4.94. The fourth-order valence-electron chi connectivity index (χ4n) is 1.30. The molecule has 6 nitrogen and oxygen atoms in total. The summed E-state index contributed by atoms with van der Waals surface area (Å²) >= 11 is 0. The SMILES string of the molecule is COCC(CCO)NCc1nncn1C. The lowest BCUT2D eigenvalue weighted by Crippen LogP contribution is -2.34. The first kappa shape index (κ1) is 12.1. The maximum absolute atomic E-state index is 8.85. The Bertz CT molecular complexity index is 271. The van der Waals surface area contributed by atoms with Gasteiger partial charge in [-0.05, 0) is 6.42 Å². The van der Waals surface area contributed by atoms with Crippen LogP contribution in [0.3, 0.4) is 0 Å². The van der Waals surface area contributed by atoms with Crippen LogP contribution in [0.1, 0.15) is 12.2 Å². The summed E-state index contributed by atoms with van der Waals surface area (Å²) in [6, 6.07) is 0.150. The van der Waals surface area contributed by atoms with Crippen LogP contribution >= 0.6 is 0 Å². The third-order valence-corrected chi connectivity index (χ3v) is 2.20. The van der Waals surface area contributed by atoms with Crippen LogP contribution in [0.25, 0.3) is 0 Å². The quantitative estimate of drug-likeness (QED) is 0.628. The lowest BCUT2D eigenvalue weighted by molar-refractivity contribution is 0.147. The second-order valence-electron chi connectivity index (χ2n) is 3.40. The normalized spacial score (nSPS) is 13.0. The van der Waals surface area contributed by atoms with Crippen molar-refractivity contribution in [3.8, 4) is 0 Å². The lowest BCUT2D eigenvalue weighted by Gasteiger charge is -2.16. The zero-order valence-corrected chi connectivity index (χ0v) is 9.18. The third-order valence-electron chi connectivity index (χ3n) is 2.20. The minimum absolute atomic E-state index is 0.150. The Labute approximate surface area is 89.3 Å². The molecule has 1 heterocycles. The van der Waals surface area contributed by atoms with E-state index in [4.69, 9.17) is 9.84 Å². The molecule has 1 rings (SSSR count). The van der Waals surface area contributed by atoms with E-state index in [-0.39, 0.29) is 12.6 Å². The molecule has 1 aromatic rings. The average molecular weight is 214 g/mol. The molecule has 0 radical (unpaired) electrons. The van der Waals surface area contributed by atoms with Crippen LogP contribution in [0.5, 0.6) is 0 Å². The molecule has 0 spiro atoms. The van der Waals surface area contributed by atoms with E-state index in [1.807, 2.05) is 11.6 Å². The molecular weight excluding hydrogens is 196 g/mol. The van der Waals surface area contributed by atoms with Gasteiger partial charge in [0.05, 0.1) is 13.2 Å². The number of nitrogens with one attached hydrogen (secondary N) is 1. The van der Waals surface area contributed by atoms with Crippen molar-refractivity contribution in [1.29, 1.82) is 0 Å². The van der Waals surface area contributed by atoms with Crippen LogP contribution in [0, 0.1) is 0 Å². The van der Waals surface area contributed by atoms with Gasteiger partial charge in [-0.2, -0.15) is 0 Å². The Morgan fingerprint density at radius 1 is 1.67 bits per heavy atom. The van der Waals surface area contributed by atoms with Crippen LogP contribution in [0.4, 0.5) is 0 Å². The number of hydrogen-bond donors (Lipinski definition) is 2. The van der Waals surface area contributed by atoms with E-state index in [9.17, 15) is 0 Å². The molecule has 0 fully saturated rings. The molecule has 0 bridgehead atoms. The molecule has 0 aliphatic rings. The monoisotopic (exact) mass is 214 g/mol. The Balaban J connectivity index is 2.36. The zero-order chi connectivity index (χ0) is 11.1.